The molecule has 0 radical (unpaired) electrons. The van der Waals surface area contributed by atoms with Gasteiger partial charge in [0.2, 0.25) is 5.89 Å². The van der Waals surface area contributed by atoms with Crippen molar-refractivity contribution in [2.75, 3.05) is 32.8 Å². The summed E-state index contributed by atoms with van der Waals surface area (Å²) in [7, 11) is 0. The fourth-order valence-electron chi connectivity index (χ4n) is 3.32. The van der Waals surface area contributed by atoms with Gasteiger partial charge in [-0.3, -0.25) is 9.69 Å². The number of furan rings is 1. The van der Waals surface area contributed by atoms with E-state index in [4.69, 9.17) is 13.6 Å². The second-order valence-electron chi connectivity index (χ2n) is 6.62. The largest absolute Gasteiger partial charge is 0.493 e. The minimum Gasteiger partial charge on any atom is -0.493 e. The van der Waals surface area contributed by atoms with E-state index in [1.165, 1.54) is 6.26 Å². The zero-order valence-electron chi connectivity index (χ0n) is 15.8. The number of carbonyl (C=O) groups excluding carboxylic acids is 1. The Morgan fingerprint density at radius 3 is 2.68 bits per heavy atom. The molecule has 0 atom stereocenters. The standard InChI is InChI=1S/C21H23N3O4/c1-2-26-18-7-4-3-6-17(18)20-22-16(15-28-20)14-23-9-11-24(12-10-23)21(25)19-8-5-13-27-19/h3-8,13,15H,2,9-12,14H2,1H3. The Morgan fingerprint density at radius 2 is 1.93 bits per heavy atom. The van der Waals surface area contributed by atoms with Crippen molar-refractivity contribution in [2.24, 2.45) is 0 Å². The molecule has 0 bridgehead atoms. The van der Waals surface area contributed by atoms with Gasteiger partial charge in [-0.05, 0) is 31.2 Å². The Hall–Kier alpha value is -3.06. The van der Waals surface area contributed by atoms with E-state index in [1.807, 2.05) is 36.1 Å². The highest BCUT2D eigenvalue weighted by Gasteiger charge is 2.24. The summed E-state index contributed by atoms with van der Waals surface area (Å²) in [6.07, 6.45) is 3.22. The molecule has 146 valence electrons. The summed E-state index contributed by atoms with van der Waals surface area (Å²) in [6.45, 7) is 6.12. The van der Waals surface area contributed by atoms with Crippen LogP contribution in [0.3, 0.4) is 0 Å². The third-order valence-corrected chi connectivity index (χ3v) is 4.75. The Bertz CT molecular complexity index is 911. The lowest BCUT2D eigenvalue weighted by Crippen LogP contribution is -2.48. The summed E-state index contributed by atoms with van der Waals surface area (Å²) in [5.74, 6) is 1.66. The Labute approximate surface area is 163 Å². The van der Waals surface area contributed by atoms with Gasteiger partial charge in [0.25, 0.3) is 5.91 Å². The number of aromatic nitrogens is 1. The normalized spacial score (nSPS) is 15.0. The molecule has 28 heavy (non-hydrogen) atoms. The van der Waals surface area contributed by atoms with Gasteiger partial charge in [0.15, 0.2) is 5.76 Å². The summed E-state index contributed by atoms with van der Waals surface area (Å²) in [5, 5.41) is 0. The second kappa shape index (κ2) is 8.31. The van der Waals surface area contributed by atoms with Crippen LogP contribution >= 0.6 is 0 Å². The van der Waals surface area contributed by atoms with Crippen LogP contribution in [0.25, 0.3) is 11.5 Å². The van der Waals surface area contributed by atoms with Gasteiger partial charge in [-0.25, -0.2) is 4.98 Å². The Morgan fingerprint density at radius 1 is 1.11 bits per heavy atom. The molecule has 1 amide bonds. The summed E-state index contributed by atoms with van der Waals surface area (Å²) in [5.41, 5.74) is 1.72. The highest BCUT2D eigenvalue weighted by molar-refractivity contribution is 5.91. The lowest BCUT2D eigenvalue weighted by atomic mass is 10.2. The number of para-hydroxylation sites is 1. The van der Waals surface area contributed by atoms with E-state index >= 15 is 0 Å². The van der Waals surface area contributed by atoms with Crippen molar-refractivity contribution in [3.8, 4) is 17.2 Å². The van der Waals surface area contributed by atoms with Crippen LogP contribution in [0.5, 0.6) is 5.75 Å². The summed E-state index contributed by atoms with van der Waals surface area (Å²) < 4.78 is 16.6. The zero-order chi connectivity index (χ0) is 19.3. The van der Waals surface area contributed by atoms with Crippen molar-refractivity contribution in [3.63, 3.8) is 0 Å². The van der Waals surface area contributed by atoms with Gasteiger partial charge in [-0.15, -0.1) is 0 Å². The van der Waals surface area contributed by atoms with Gasteiger partial charge >= 0.3 is 0 Å². The number of carbonyl (C=O) groups is 1. The summed E-state index contributed by atoms with van der Waals surface area (Å²) >= 11 is 0. The van der Waals surface area contributed by atoms with Gasteiger partial charge in [0.1, 0.15) is 12.0 Å². The lowest BCUT2D eigenvalue weighted by molar-refractivity contribution is 0.0596. The van der Waals surface area contributed by atoms with Crippen LogP contribution in [0.15, 0.2) is 57.8 Å². The van der Waals surface area contributed by atoms with Crippen LogP contribution in [0.1, 0.15) is 23.2 Å². The Balaban J connectivity index is 1.36. The predicted octanol–water partition coefficient (Wildman–Crippen LogP) is 3.29. The number of hydrogen-bond donors (Lipinski definition) is 0. The summed E-state index contributed by atoms with van der Waals surface area (Å²) in [6, 6.07) is 11.2. The molecule has 0 unspecified atom stereocenters. The van der Waals surface area contributed by atoms with Crippen LogP contribution < -0.4 is 4.74 Å². The first-order valence-corrected chi connectivity index (χ1v) is 9.46. The van der Waals surface area contributed by atoms with Crippen molar-refractivity contribution >= 4 is 5.91 Å². The van der Waals surface area contributed by atoms with Crippen molar-refractivity contribution in [1.82, 2.24) is 14.8 Å². The number of ether oxygens (including phenoxy) is 1. The second-order valence-corrected chi connectivity index (χ2v) is 6.62. The highest BCUT2D eigenvalue weighted by Crippen LogP contribution is 2.29. The van der Waals surface area contributed by atoms with Crippen LogP contribution in [0.4, 0.5) is 0 Å². The van der Waals surface area contributed by atoms with Crippen molar-refractivity contribution < 1.29 is 18.4 Å². The molecule has 1 fully saturated rings. The molecule has 1 saturated heterocycles. The maximum atomic E-state index is 12.3. The van der Waals surface area contributed by atoms with E-state index in [0.717, 1.165) is 30.1 Å². The third kappa shape index (κ3) is 3.94. The molecule has 0 N–H and O–H groups in total. The van der Waals surface area contributed by atoms with E-state index in [2.05, 4.69) is 9.88 Å². The van der Waals surface area contributed by atoms with Crippen LogP contribution in [-0.2, 0) is 6.54 Å². The summed E-state index contributed by atoms with van der Waals surface area (Å²) in [4.78, 5) is 21.1. The molecule has 0 spiro atoms. The van der Waals surface area contributed by atoms with Crippen LogP contribution in [0, 0.1) is 0 Å². The van der Waals surface area contributed by atoms with E-state index in [0.29, 0.717) is 37.9 Å². The Kier molecular flexibility index (Phi) is 5.43. The fraction of sp³-hybridized carbons (Fsp3) is 0.333. The molecule has 1 aliphatic heterocycles. The quantitative estimate of drug-likeness (QED) is 0.652. The number of rotatable bonds is 6. The number of oxazole rings is 1. The molecule has 1 aliphatic rings. The number of hydrogen-bond acceptors (Lipinski definition) is 6. The molecule has 3 aromatic rings. The molecule has 4 rings (SSSR count). The fourth-order valence-corrected chi connectivity index (χ4v) is 3.32. The third-order valence-electron chi connectivity index (χ3n) is 4.75. The molecular formula is C21H23N3O4. The molecule has 7 nitrogen and oxygen atoms in total. The van der Waals surface area contributed by atoms with Gasteiger partial charge in [0.05, 0.1) is 24.1 Å². The highest BCUT2D eigenvalue weighted by atomic mass is 16.5. The SMILES string of the molecule is CCOc1ccccc1-c1nc(CN2CCN(C(=O)c3ccco3)CC2)co1. The number of amides is 1. The molecule has 0 aliphatic carbocycles. The van der Waals surface area contributed by atoms with Gasteiger partial charge in [-0.1, -0.05) is 12.1 Å². The van der Waals surface area contributed by atoms with Gasteiger partial charge in [0, 0.05) is 32.7 Å². The smallest absolute Gasteiger partial charge is 0.289 e. The molecule has 1 aromatic carbocycles. The van der Waals surface area contributed by atoms with E-state index < -0.39 is 0 Å². The van der Waals surface area contributed by atoms with Crippen molar-refractivity contribution in [3.05, 3.63) is 60.4 Å². The number of nitrogens with zero attached hydrogens (tertiary/aromatic N) is 3. The lowest BCUT2D eigenvalue weighted by Gasteiger charge is -2.33. The molecule has 7 heteroatoms. The van der Waals surface area contributed by atoms with Gasteiger partial charge in [-0.2, -0.15) is 0 Å². The van der Waals surface area contributed by atoms with Gasteiger partial charge < -0.3 is 18.5 Å². The van der Waals surface area contributed by atoms with Crippen LogP contribution in [0.2, 0.25) is 0 Å². The molecule has 3 heterocycles. The zero-order valence-corrected chi connectivity index (χ0v) is 15.8. The molecular weight excluding hydrogens is 358 g/mol. The number of piperazine rings is 1. The van der Waals surface area contributed by atoms with E-state index in [-0.39, 0.29) is 5.91 Å². The first-order chi connectivity index (χ1) is 13.7. The minimum absolute atomic E-state index is 0.0547. The average Bonchev–Trinajstić information content (AvgIpc) is 3.41. The van der Waals surface area contributed by atoms with E-state index in [1.54, 1.807) is 18.4 Å². The minimum atomic E-state index is -0.0547. The molecule has 2 aromatic heterocycles. The maximum Gasteiger partial charge on any atom is 0.289 e. The number of benzene rings is 1. The van der Waals surface area contributed by atoms with Crippen LogP contribution in [-0.4, -0.2) is 53.5 Å². The predicted molar refractivity (Wildman–Crippen MR) is 103 cm³/mol. The topological polar surface area (TPSA) is 72.0 Å². The maximum absolute atomic E-state index is 12.3. The average molecular weight is 381 g/mol. The molecule has 0 saturated carbocycles. The van der Waals surface area contributed by atoms with Crippen molar-refractivity contribution in [2.45, 2.75) is 13.5 Å². The first kappa shape index (κ1) is 18.3. The monoisotopic (exact) mass is 381 g/mol. The van der Waals surface area contributed by atoms with E-state index in [9.17, 15) is 4.79 Å². The van der Waals surface area contributed by atoms with Crippen molar-refractivity contribution in [1.29, 1.82) is 0 Å². The first-order valence-electron chi connectivity index (χ1n) is 9.46.